The van der Waals surface area contributed by atoms with Crippen LogP contribution in [0.2, 0.25) is 5.28 Å². The van der Waals surface area contributed by atoms with Gasteiger partial charge in [0, 0.05) is 0 Å². The molecule has 14 heavy (non-hydrogen) atoms. The minimum absolute atomic E-state index is 0.0363. The van der Waals surface area contributed by atoms with Gasteiger partial charge in [0.05, 0.1) is 4.92 Å². The molecule has 0 saturated carbocycles. The number of nitrogens with zero attached hydrogens (tertiary/aromatic N) is 3. The van der Waals surface area contributed by atoms with Gasteiger partial charge in [-0.1, -0.05) is 18.7 Å². The van der Waals surface area contributed by atoms with Crippen LogP contribution in [0.5, 0.6) is 0 Å². The average Bonchev–Trinajstić information content (AvgIpc) is 2.14. The van der Waals surface area contributed by atoms with Crippen LogP contribution in [-0.2, 0) is 0 Å². The topological polar surface area (TPSA) is 68.9 Å². The molecule has 1 rings (SSSR count). The van der Waals surface area contributed by atoms with Gasteiger partial charge in [-0.15, -0.1) is 0 Å². The highest BCUT2D eigenvalue weighted by Gasteiger charge is 2.16. The van der Waals surface area contributed by atoms with Gasteiger partial charge in [0.2, 0.25) is 5.28 Å². The van der Waals surface area contributed by atoms with E-state index in [9.17, 15) is 10.1 Å². The maximum atomic E-state index is 10.6. The van der Waals surface area contributed by atoms with E-state index < -0.39 is 4.92 Å². The van der Waals surface area contributed by atoms with Crippen molar-refractivity contribution in [2.24, 2.45) is 0 Å². The van der Waals surface area contributed by atoms with Crippen LogP contribution in [0.4, 0.5) is 5.69 Å². The summed E-state index contributed by atoms with van der Waals surface area (Å²) in [6.07, 6.45) is 2.05. The molecule has 1 heterocycles. The first-order chi connectivity index (χ1) is 6.65. The van der Waals surface area contributed by atoms with Gasteiger partial charge >= 0.3 is 5.69 Å². The lowest BCUT2D eigenvalue weighted by Crippen LogP contribution is -1.96. The molecule has 5 nitrogen and oxygen atoms in total. The first kappa shape index (κ1) is 11.2. The Hall–Kier alpha value is -0.880. The van der Waals surface area contributed by atoms with E-state index >= 15 is 0 Å². The van der Waals surface area contributed by atoms with Crippen molar-refractivity contribution < 1.29 is 4.92 Å². The monoisotopic (exact) mass is 233 g/mol. The lowest BCUT2D eigenvalue weighted by Gasteiger charge is -1.99. The van der Waals surface area contributed by atoms with E-state index in [1.54, 1.807) is 0 Å². The number of halogens is 1. The highest BCUT2D eigenvalue weighted by atomic mass is 35.5. The number of thioether (sulfide) groups is 1. The zero-order valence-corrected chi connectivity index (χ0v) is 9.01. The summed E-state index contributed by atoms with van der Waals surface area (Å²) in [5.74, 6) is 0.772. The Morgan fingerprint density at radius 1 is 1.71 bits per heavy atom. The van der Waals surface area contributed by atoms with Crippen LogP contribution in [0.3, 0.4) is 0 Å². The van der Waals surface area contributed by atoms with Crippen molar-refractivity contribution in [2.45, 2.75) is 18.4 Å². The Morgan fingerprint density at radius 2 is 2.43 bits per heavy atom. The summed E-state index contributed by atoms with van der Waals surface area (Å²) >= 11 is 6.85. The number of aromatic nitrogens is 2. The molecule has 0 atom stereocenters. The summed E-state index contributed by atoms with van der Waals surface area (Å²) in [6.45, 7) is 1.99. The summed E-state index contributed by atoms with van der Waals surface area (Å²) in [7, 11) is 0. The van der Waals surface area contributed by atoms with Crippen molar-refractivity contribution >= 4 is 29.1 Å². The molecule has 0 aliphatic rings. The molecule has 0 amide bonds. The summed E-state index contributed by atoms with van der Waals surface area (Å²) < 4.78 is 0. The highest BCUT2D eigenvalue weighted by molar-refractivity contribution is 7.99. The SMILES string of the molecule is CCCSc1nc(Cl)ncc1[N+](=O)[O-]. The summed E-state index contributed by atoms with van der Waals surface area (Å²) in [6, 6.07) is 0. The van der Waals surface area contributed by atoms with Gasteiger partial charge in [-0.3, -0.25) is 10.1 Å². The molecule has 76 valence electrons. The number of rotatable bonds is 4. The van der Waals surface area contributed by atoms with E-state index in [1.165, 1.54) is 11.8 Å². The second-order valence-corrected chi connectivity index (χ2v) is 3.86. The van der Waals surface area contributed by atoms with Crippen molar-refractivity contribution in [2.75, 3.05) is 5.75 Å². The zero-order valence-electron chi connectivity index (χ0n) is 7.44. The fourth-order valence-corrected chi connectivity index (χ4v) is 1.78. The van der Waals surface area contributed by atoms with Crippen molar-refractivity contribution in [3.8, 4) is 0 Å². The van der Waals surface area contributed by atoms with Gasteiger partial charge in [-0.05, 0) is 23.8 Å². The van der Waals surface area contributed by atoms with Crippen LogP contribution >= 0.6 is 23.4 Å². The van der Waals surface area contributed by atoms with Crippen LogP contribution in [0.15, 0.2) is 11.2 Å². The van der Waals surface area contributed by atoms with Gasteiger partial charge < -0.3 is 0 Å². The van der Waals surface area contributed by atoms with E-state index in [1.807, 2.05) is 6.92 Å². The third-order valence-corrected chi connectivity index (χ3v) is 2.71. The molecule has 0 bridgehead atoms. The van der Waals surface area contributed by atoms with Gasteiger partial charge in [0.25, 0.3) is 0 Å². The molecule has 0 unspecified atom stereocenters. The third kappa shape index (κ3) is 2.81. The Morgan fingerprint density at radius 3 is 3.00 bits per heavy atom. The van der Waals surface area contributed by atoms with Gasteiger partial charge in [-0.2, -0.15) is 0 Å². The smallest absolute Gasteiger partial charge is 0.258 e. The largest absolute Gasteiger partial charge is 0.319 e. The molecular weight excluding hydrogens is 226 g/mol. The highest BCUT2D eigenvalue weighted by Crippen LogP contribution is 2.27. The van der Waals surface area contributed by atoms with Crippen LogP contribution in [0, 0.1) is 10.1 Å². The molecular formula is C7H8ClN3O2S. The molecule has 1 aromatic rings. The molecule has 0 aliphatic heterocycles. The summed E-state index contributed by atoms with van der Waals surface area (Å²) in [5.41, 5.74) is -0.0900. The van der Waals surface area contributed by atoms with E-state index in [2.05, 4.69) is 9.97 Å². The summed E-state index contributed by atoms with van der Waals surface area (Å²) in [5, 5.41) is 10.9. The minimum Gasteiger partial charge on any atom is -0.258 e. The number of hydrogen-bond donors (Lipinski definition) is 0. The molecule has 7 heteroatoms. The Bertz CT molecular complexity index is 348. The van der Waals surface area contributed by atoms with Crippen molar-refractivity contribution in [3.63, 3.8) is 0 Å². The van der Waals surface area contributed by atoms with E-state index in [0.29, 0.717) is 5.03 Å². The fraction of sp³-hybridized carbons (Fsp3) is 0.429. The second kappa shape index (κ2) is 5.11. The van der Waals surface area contributed by atoms with Gasteiger partial charge in [-0.25, -0.2) is 9.97 Å². The standard InChI is InChI=1S/C7H8ClN3O2S/c1-2-3-14-6-5(11(12)13)4-9-7(8)10-6/h4H,2-3H2,1H3. The van der Waals surface area contributed by atoms with Crippen LogP contribution in [-0.4, -0.2) is 20.6 Å². The minimum atomic E-state index is -0.506. The average molecular weight is 234 g/mol. The first-order valence-corrected chi connectivity index (χ1v) is 5.31. The molecule has 0 radical (unpaired) electrons. The lowest BCUT2D eigenvalue weighted by molar-refractivity contribution is -0.388. The van der Waals surface area contributed by atoms with Gasteiger partial charge in [0.1, 0.15) is 6.20 Å². The van der Waals surface area contributed by atoms with E-state index in [-0.39, 0.29) is 11.0 Å². The Labute approximate surface area is 90.0 Å². The van der Waals surface area contributed by atoms with Crippen LogP contribution in [0.1, 0.15) is 13.3 Å². The van der Waals surface area contributed by atoms with Gasteiger partial charge in [0.15, 0.2) is 5.03 Å². The predicted octanol–water partition coefficient (Wildman–Crippen LogP) is 2.54. The molecule has 0 fully saturated rings. The quantitative estimate of drug-likeness (QED) is 0.263. The Balaban J connectivity index is 2.97. The first-order valence-electron chi connectivity index (χ1n) is 3.95. The van der Waals surface area contributed by atoms with Crippen LogP contribution in [0.25, 0.3) is 0 Å². The van der Waals surface area contributed by atoms with Crippen molar-refractivity contribution in [3.05, 3.63) is 21.6 Å². The van der Waals surface area contributed by atoms with Crippen molar-refractivity contribution in [1.82, 2.24) is 9.97 Å². The Kier molecular flexibility index (Phi) is 4.09. The maximum Gasteiger partial charge on any atom is 0.319 e. The van der Waals surface area contributed by atoms with Crippen LogP contribution < -0.4 is 0 Å². The third-order valence-electron chi connectivity index (χ3n) is 1.35. The molecule has 0 saturated heterocycles. The van der Waals surface area contributed by atoms with E-state index in [0.717, 1.165) is 18.4 Å². The molecule has 0 aromatic carbocycles. The zero-order chi connectivity index (χ0) is 10.6. The lowest BCUT2D eigenvalue weighted by atomic mass is 10.6. The molecule has 0 spiro atoms. The molecule has 0 N–H and O–H groups in total. The fourth-order valence-electron chi connectivity index (χ4n) is 0.770. The molecule has 0 aliphatic carbocycles. The predicted molar refractivity (Wildman–Crippen MR) is 54.7 cm³/mol. The number of hydrogen-bond acceptors (Lipinski definition) is 5. The van der Waals surface area contributed by atoms with E-state index in [4.69, 9.17) is 11.6 Å². The van der Waals surface area contributed by atoms with Crippen molar-refractivity contribution in [1.29, 1.82) is 0 Å². The normalized spacial score (nSPS) is 10.1. The molecule has 1 aromatic heterocycles. The summed E-state index contributed by atoms with van der Waals surface area (Å²) in [4.78, 5) is 17.4. The maximum absolute atomic E-state index is 10.6. The number of nitro groups is 1. The second-order valence-electron chi connectivity index (χ2n) is 2.43.